The number of halogens is 7. The number of anilines is 2. The molecule has 42 heavy (non-hydrogen) atoms. The molecule has 1 aliphatic heterocycles. The molecule has 0 atom stereocenters. The molecule has 3 aromatic rings. The van der Waals surface area contributed by atoms with Crippen LogP contribution in [0.1, 0.15) is 36.1 Å². The van der Waals surface area contributed by atoms with Gasteiger partial charge in [-0.3, -0.25) is 4.79 Å². The summed E-state index contributed by atoms with van der Waals surface area (Å²) < 4.78 is 95.4. The second-order valence-electron chi connectivity index (χ2n) is 11.1. The van der Waals surface area contributed by atoms with Crippen LogP contribution in [-0.2, 0) is 22.6 Å². The average molecular weight is 597 g/mol. The lowest BCUT2D eigenvalue weighted by Crippen LogP contribution is -2.45. The molecule has 2 aromatic carbocycles. The zero-order valence-electron chi connectivity index (χ0n) is 23.8. The van der Waals surface area contributed by atoms with Gasteiger partial charge in [-0.25, -0.2) is 9.37 Å². The van der Waals surface area contributed by atoms with Crippen LogP contribution in [0.15, 0.2) is 48.7 Å². The summed E-state index contributed by atoms with van der Waals surface area (Å²) in [5.74, 6) is -0.592. The van der Waals surface area contributed by atoms with Crippen molar-refractivity contribution in [3.63, 3.8) is 0 Å². The SMILES string of the molecule is Cc1cc(F)ccc1-c1cc(N2CCN(C)CC2)ncc1N(C)C(=O)C(C)(C)c1cc(C(F)(F)F)cc(C(F)(F)F)c1. The Labute approximate surface area is 239 Å². The Morgan fingerprint density at radius 3 is 1.90 bits per heavy atom. The van der Waals surface area contributed by atoms with Crippen molar-refractivity contribution in [2.24, 2.45) is 0 Å². The van der Waals surface area contributed by atoms with Gasteiger partial charge in [0.05, 0.1) is 28.4 Å². The second-order valence-corrected chi connectivity index (χ2v) is 11.1. The minimum absolute atomic E-state index is 0.0319. The fourth-order valence-electron chi connectivity index (χ4n) is 5.03. The lowest BCUT2D eigenvalue weighted by molar-refractivity contribution is -0.143. The third-order valence-electron chi connectivity index (χ3n) is 7.68. The molecule has 0 saturated carbocycles. The number of benzene rings is 2. The Morgan fingerprint density at radius 1 is 0.833 bits per heavy atom. The number of piperazine rings is 1. The van der Waals surface area contributed by atoms with Crippen molar-refractivity contribution < 1.29 is 35.5 Å². The van der Waals surface area contributed by atoms with Crippen molar-refractivity contribution in [2.45, 2.75) is 38.5 Å². The highest BCUT2D eigenvalue weighted by atomic mass is 19.4. The van der Waals surface area contributed by atoms with E-state index in [2.05, 4.69) is 14.8 Å². The van der Waals surface area contributed by atoms with E-state index in [1.807, 2.05) is 7.05 Å². The minimum Gasteiger partial charge on any atom is -0.354 e. The number of aryl methyl sites for hydroxylation is 1. The number of hydrogen-bond acceptors (Lipinski definition) is 4. The fourth-order valence-corrected chi connectivity index (χ4v) is 5.03. The Kier molecular flexibility index (Phi) is 8.34. The number of likely N-dealkylation sites (N-methyl/N-ethyl adjacent to an activating group) is 2. The molecule has 0 unspecified atom stereocenters. The third kappa shape index (κ3) is 6.38. The van der Waals surface area contributed by atoms with Gasteiger partial charge in [0.1, 0.15) is 11.6 Å². The number of amides is 1. The van der Waals surface area contributed by atoms with E-state index < -0.39 is 46.2 Å². The predicted octanol–water partition coefficient (Wildman–Crippen LogP) is 6.93. The summed E-state index contributed by atoms with van der Waals surface area (Å²) in [6.07, 6.45) is -8.66. The summed E-state index contributed by atoms with van der Waals surface area (Å²) in [5.41, 5.74) is -3.30. The smallest absolute Gasteiger partial charge is 0.354 e. The standard InChI is InChI=1S/C30H31F7N4O/c1-18-12-22(31)6-7-23(18)24-16-26(41-10-8-39(4)9-11-41)38-17-25(24)40(5)27(42)28(2,3)19-13-20(29(32,33)34)15-21(14-19)30(35,36)37/h6-7,12-17H,8-11H2,1-5H3. The minimum atomic E-state index is -5.06. The molecule has 1 fully saturated rings. The molecule has 226 valence electrons. The zero-order valence-corrected chi connectivity index (χ0v) is 23.8. The summed E-state index contributed by atoms with van der Waals surface area (Å²) in [4.78, 5) is 23.9. The topological polar surface area (TPSA) is 39.7 Å². The molecule has 0 bridgehead atoms. The molecule has 4 rings (SSSR count). The molecule has 12 heteroatoms. The summed E-state index contributed by atoms with van der Waals surface area (Å²) in [6.45, 7) is 7.25. The first-order chi connectivity index (χ1) is 19.4. The summed E-state index contributed by atoms with van der Waals surface area (Å²) in [7, 11) is 3.39. The number of pyridine rings is 1. The van der Waals surface area contributed by atoms with E-state index in [-0.39, 0.29) is 11.8 Å². The summed E-state index contributed by atoms with van der Waals surface area (Å²) in [5, 5.41) is 0. The third-order valence-corrected chi connectivity index (χ3v) is 7.68. The molecule has 2 heterocycles. The van der Waals surface area contributed by atoms with Crippen molar-refractivity contribution >= 4 is 17.4 Å². The van der Waals surface area contributed by atoms with E-state index in [1.54, 1.807) is 19.1 Å². The molecular formula is C30H31F7N4O. The number of rotatable bonds is 5. The maximum Gasteiger partial charge on any atom is 0.416 e. The van der Waals surface area contributed by atoms with Crippen LogP contribution < -0.4 is 9.80 Å². The van der Waals surface area contributed by atoms with Gasteiger partial charge < -0.3 is 14.7 Å². The van der Waals surface area contributed by atoms with Crippen molar-refractivity contribution in [3.05, 3.63) is 76.7 Å². The van der Waals surface area contributed by atoms with E-state index in [1.165, 1.54) is 44.1 Å². The highest BCUT2D eigenvalue weighted by Crippen LogP contribution is 2.41. The van der Waals surface area contributed by atoms with E-state index in [0.717, 1.165) is 13.1 Å². The lowest BCUT2D eigenvalue weighted by Gasteiger charge is -2.35. The van der Waals surface area contributed by atoms with Crippen LogP contribution in [0.2, 0.25) is 0 Å². The summed E-state index contributed by atoms with van der Waals surface area (Å²) in [6, 6.07) is 7.11. The average Bonchev–Trinajstić information content (AvgIpc) is 2.91. The highest BCUT2D eigenvalue weighted by Gasteiger charge is 2.41. The predicted molar refractivity (Wildman–Crippen MR) is 147 cm³/mol. The van der Waals surface area contributed by atoms with Crippen LogP contribution in [0.4, 0.5) is 42.2 Å². The molecule has 0 spiro atoms. The molecule has 1 aromatic heterocycles. The monoisotopic (exact) mass is 596 g/mol. The van der Waals surface area contributed by atoms with Gasteiger partial charge in [0.15, 0.2) is 0 Å². The Balaban J connectivity index is 1.81. The van der Waals surface area contributed by atoms with Gasteiger partial charge in [-0.1, -0.05) is 6.07 Å². The maximum atomic E-state index is 14.0. The molecular weight excluding hydrogens is 565 g/mol. The molecule has 0 radical (unpaired) electrons. The molecule has 1 amide bonds. The zero-order chi connectivity index (χ0) is 31.2. The first-order valence-electron chi connectivity index (χ1n) is 13.2. The molecule has 1 saturated heterocycles. The second kappa shape index (κ2) is 11.2. The van der Waals surface area contributed by atoms with Gasteiger partial charge in [0, 0.05) is 38.8 Å². The van der Waals surface area contributed by atoms with E-state index in [4.69, 9.17) is 0 Å². The first kappa shape index (κ1) is 31.3. The quantitative estimate of drug-likeness (QED) is 0.300. The largest absolute Gasteiger partial charge is 0.416 e. The Morgan fingerprint density at radius 2 is 1.38 bits per heavy atom. The summed E-state index contributed by atoms with van der Waals surface area (Å²) >= 11 is 0. The number of carbonyl (C=O) groups excluding carboxylic acids is 1. The number of nitrogens with zero attached hydrogens (tertiary/aromatic N) is 4. The molecule has 0 aliphatic carbocycles. The number of hydrogen-bond donors (Lipinski definition) is 0. The highest BCUT2D eigenvalue weighted by molar-refractivity contribution is 6.03. The Hall–Kier alpha value is -3.67. The van der Waals surface area contributed by atoms with Crippen molar-refractivity contribution in [2.75, 3.05) is 50.1 Å². The van der Waals surface area contributed by atoms with Gasteiger partial charge in [-0.15, -0.1) is 0 Å². The van der Waals surface area contributed by atoms with Crippen LogP contribution in [0.3, 0.4) is 0 Å². The maximum absolute atomic E-state index is 14.0. The molecule has 5 nitrogen and oxygen atoms in total. The first-order valence-corrected chi connectivity index (χ1v) is 13.2. The van der Waals surface area contributed by atoms with Gasteiger partial charge in [-0.2, -0.15) is 26.3 Å². The van der Waals surface area contributed by atoms with E-state index in [9.17, 15) is 35.5 Å². The fraction of sp³-hybridized carbons (Fsp3) is 0.400. The van der Waals surface area contributed by atoms with Crippen LogP contribution in [-0.4, -0.2) is 56.1 Å². The van der Waals surface area contributed by atoms with Gasteiger partial charge in [0.2, 0.25) is 5.91 Å². The normalized spacial score (nSPS) is 15.2. The van der Waals surface area contributed by atoms with E-state index >= 15 is 0 Å². The lowest BCUT2D eigenvalue weighted by atomic mass is 9.81. The van der Waals surface area contributed by atoms with Crippen molar-refractivity contribution in [1.82, 2.24) is 9.88 Å². The number of carbonyl (C=O) groups is 1. The van der Waals surface area contributed by atoms with Gasteiger partial charge in [-0.05, 0) is 80.9 Å². The van der Waals surface area contributed by atoms with E-state index in [0.29, 0.717) is 47.7 Å². The van der Waals surface area contributed by atoms with Crippen molar-refractivity contribution in [1.29, 1.82) is 0 Å². The number of aromatic nitrogens is 1. The van der Waals surface area contributed by atoms with Crippen LogP contribution >= 0.6 is 0 Å². The van der Waals surface area contributed by atoms with Crippen LogP contribution in [0.5, 0.6) is 0 Å². The van der Waals surface area contributed by atoms with Gasteiger partial charge >= 0.3 is 12.4 Å². The molecule has 1 aliphatic rings. The van der Waals surface area contributed by atoms with Crippen LogP contribution in [0.25, 0.3) is 11.1 Å². The van der Waals surface area contributed by atoms with Gasteiger partial charge in [0.25, 0.3) is 0 Å². The Bertz CT molecular complexity index is 1440. The van der Waals surface area contributed by atoms with Crippen molar-refractivity contribution in [3.8, 4) is 11.1 Å². The number of alkyl halides is 6. The molecule has 0 N–H and O–H groups in total. The van der Waals surface area contributed by atoms with Crippen LogP contribution in [0, 0.1) is 12.7 Å².